The van der Waals surface area contributed by atoms with Crippen LogP contribution in [0.3, 0.4) is 0 Å². The van der Waals surface area contributed by atoms with Gasteiger partial charge in [-0.2, -0.15) is 4.31 Å². The second-order valence-electron chi connectivity index (χ2n) is 7.16. The maximum Gasteiger partial charge on any atom is 0.481 e. The average molecular weight is 422 g/mol. The molecule has 2 unspecified atom stereocenters. The molecule has 0 heterocycles. The van der Waals surface area contributed by atoms with Gasteiger partial charge in [-0.15, -0.1) is 0 Å². The third-order valence-electron chi connectivity index (χ3n) is 4.43. The first kappa shape index (κ1) is 24.5. The third kappa shape index (κ3) is 11.8. The Labute approximate surface area is 162 Å². The van der Waals surface area contributed by atoms with Gasteiger partial charge in [-0.05, 0) is 65.2 Å². The van der Waals surface area contributed by atoms with Crippen LogP contribution >= 0.6 is 15.6 Å². The molecule has 9 heteroatoms. The Morgan fingerprint density at radius 1 is 1.15 bits per heavy atom. The highest BCUT2D eigenvalue weighted by Gasteiger charge is 2.32. The summed E-state index contributed by atoms with van der Waals surface area (Å²) in [4.78, 5) is 26.5. The lowest BCUT2D eigenvalue weighted by atomic mass is 9.81. The van der Waals surface area contributed by atoms with Crippen LogP contribution in [0.1, 0.15) is 65.7 Å². The van der Waals surface area contributed by atoms with Gasteiger partial charge in [0.25, 0.3) is 0 Å². The van der Waals surface area contributed by atoms with Gasteiger partial charge in [-0.3, -0.25) is 4.52 Å². The lowest BCUT2D eigenvalue weighted by Crippen LogP contribution is -2.10. The third-order valence-corrected chi connectivity index (χ3v) is 6.58. The topological polar surface area (TPSA) is 113 Å². The average Bonchev–Trinajstić information content (AvgIpc) is 2.51. The first-order chi connectivity index (χ1) is 12.5. The van der Waals surface area contributed by atoms with E-state index in [9.17, 15) is 14.0 Å². The van der Waals surface area contributed by atoms with Crippen LogP contribution < -0.4 is 0 Å². The lowest BCUT2D eigenvalue weighted by molar-refractivity contribution is 0.190. The molecule has 0 aromatic carbocycles. The molecule has 1 fully saturated rings. The van der Waals surface area contributed by atoms with Crippen LogP contribution in [-0.2, 0) is 18.0 Å². The molecule has 0 radical (unpaired) electrons. The number of hydrogen-bond donors (Lipinski definition) is 3. The second kappa shape index (κ2) is 11.5. The van der Waals surface area contributed by atoms with Crippen LogP contribution in [0.4, 0.5) is 0 Å². The summed E-state index contributed by atoms with van der Waals surface area (Å²) in [6.07, 6.45) is 13.4. The first-order valence-corrected chi connectivity index (χ1v) is 12.2. The molecule has 7 nitrogen and oxygen atoms in total. The SMILES string of the molecule is CC(C)=CCC/C(C)=C/CC1CCCC/C1=C\COP(=O)(O)OP(=O)(O)O. The van der Waals surface area contributed by atoms with Crippen LogP contribution in [0.5, 0.6) is 0 Å². The number of hydrogen-bond acceptors (Lipinski definition) is 4. The summed E-state index contributed by atoms with van der Waals surface area (Å²) in [5.41, 5.74) is 3.83. The zero-order valence-electron chi connectivity index (χ0n) is 16.3. The molecule has 1 rings (SSSR count). The summed E-state index contributed by atoms with van der Waals surface area (Å²) >= 11 is 0. The van der Waals surface area contributed by atoms with Gasteiger partial charge in [0, 0.05) is 0 Å². The lowest BCUT2D eigenvalue weighted by Gasteiger charge is -2.25. The summed E-state index contributed by atoms with van der Waals surface area (Å²) in [5, 5.41) is 0. The van der Waals surface area contributed by atoms with Crippen molar-refractivity contribution in [2.75, 3.05) is 6.61 Å². The van der Waals surface area contributed by atoms with Gasteiger partial charge in [0.1, 0.15) is 0 Å². The molecule has 1 saturated carbocycles. The van der Waals surface area contributed by atoms with Gasteiger partial charge in [0.05, 0.1) is 6.61 Å². The van der Waals surface area contributed by atoms with Crippen molar-refractivity contribution >= 4 is 15.6 Å². The van der Waals surface area contributed by atoms with Crippen molar-refractivity contribution in [1.82, 2.24) is 0 Å². The molecule has 0 amide bonds. The van der Waals surface area contributed by atoms with E-state index in [2.05, 4.69) is 41.8 Å². The Kier molecular flexibility index (Phi) is 10.4. The summed E-state index contributed by atoms with van der Waals surface area (Å²) in [6.45, 7) is 6.10. The molecule has 1 aliphatic carbocycles. The summed E-state index contributed by atoms with van der Waals surface area (Å²) in [6, 6.07) is 0. The molecule has 0 aromatic rings. The van der Waals surface area contributed by atoms with Gasteiger partial charge < -0.3 is 14.7 Å². The predicted molar refractivity (Wildman–Crippen MR) is 106 cm³/mol. The molecule has 2 atom stereocenters. The minimum Gasteiger partial charge on any atom is -0.302 e. The Hall–Kier alpha value is -0.520. The number of allylic oxidation sites excluding steroid dienone is 5. The van der Waals surface area contributed by atoms with E-state index in [4.69, 9.17) is 9.79 Å². The van der Waals surface area contributed by atoms with Crippen LogP contribution in [-0.4, -0.2) is 21.3 Å². The molecule has 0 aliphatic heterocycles. The molecule has 0 bridgehead atoms. The Balaban J connectivity index is 2.59. The monoisotopic (exact) mass is 422 g/mol. The first-order valence-electron chi connectivity index (χ1n) is 9.20. The Morgan fingerprint density at radius 2 is 1.85 bits per heavy atom. The molecule has 1 aliphatic rings. The molecule has 27 heavy (non-hydrogen) atoms. The number of rotatable bonds is 10. The van der Waals surface area contributed by atoms with E-state index in [1.54, 1.807) is 6.08 Å². The van der Waals surface area contributed by atoms with E-state index in [1.807, 2.05) is 0 Å². The largest absolute Gasteiger partial charge is 0.481 e. The minimum absolute atomic E-state index is 0.219. The minimum atomic E-state index is -5.08. The normalized spacial score (nSPS) is 22.5. The number of phosphoric acid groups is 2. The van der Waals surface area contributed by atoms with Gasteiger partial charge in [-0.1, -0.05) is 41.4 Å². The fourth-order valence-corrected chi connectivity index (χ4v) is 4.60. The van der Waals surface area contributed by atoms with Gasteiger partial charge in [0.15, 0.2) is 0 Å². The van der Waals surface area contributed by atoms with Crippen molar-refractivity contribution in [3.63, 3.8) is 0 Å². The second-order valence-corrected chi connectivity index (χ2v) is 9.99. The molecule has 156 valence electrons. The molecule has 0 spiro atoms. The standard InChI is InChI=1S/C18H32O7P2/c1-15(2)7-6-8-16(3)11-12-17-9-4-5-10-18(17)13-14-24-27(22,23)25-26(19,20)21/h7,11,13,17H,4-6,8-10,12,14H2,1-3H3,(H,22,23)(H2,19,20,21)/b16-11+,18-13+. The van der Waals surface area contributed by atoms with Crippen molar-refractivity contribution in [1.29, 1.82) is 0 Å². The summed E-state index contributed by atoms with van der Waals surface area (Å²) in [5.74, 6) is 0.363. The molecule has 0 saturated heterocycles. The fraction of sp³-hybridized carbons (Fsp3) is 0.667. The smallest absolute Gasteiger partial charge is 0.302 e. The van der Waals surface area contributed by atoms with Gasteiger partial charge in [-0.25, -0.2) is 9.13 Å². The highest BCUT2D eigenvalue weighted by Crippen LogP contribution is 2.57. The van der Waals surface area contributed by atoms with E-state index in [-0.39, 0.29) is 6.61 Å². The predicted octanol–water partition coefficient (Wildman–Crippen LogP) is 5.41. The molecular weight excluding hydrogens is 390 g/mol. The fourth-order valence-electron chi connectivity index (χ4n) is 3.08. The molecule has 3 N–H and O–H groups in total. The van der Waals surface area contributed by atoms with E-state index in [1.165, 1.54) is 11.1 Å². The Morgan fingerprint density at radius 3 is 2.48 bits per heavy atom. The van der Waals surface area contributed by atoms with E-state index in [0.717, 1.165) is 50.5 Å². The van der Waals surface area contributed by atoms with E-state index >= 15 is 0 Å². The van der Waals surface area contributed by atoms with Crippen LogP contribution in [0.2, 0.25) is 0 Å². The molecule has 0 aromatic heterocycles. The van der Waals surface area contributed by atoms with Crippen molar-refractivity contribution in [2.24, 2.45) is 5.92 Å². The number of phosphoric ester groups is 1. The summed E-state index contributed by atoms with van der Waals surface area (Å²) < 4.78 is 30.6. The maximum atomic E-state index is 11.5. The van der Waals surface area contributed by atoms with Crippen molar-refractivity contribution < 1.29 is 32.6 Å². The zero-order chi connectivity index (χ0) is 20.5. The van der Waals surface area contributed by atoms with Crippen molar-refractivity contribution in [3.8, 4) is 0 Å². The van der Waals surface area contributed by atoms with Crippen LogP contribution in [0.15, 0.2) is 34.9 Å². The molecular formula is C18H32O7P2. The van der Waals surface area contributed by atoms with Crippen molar-refractivity contribution in [2.45, 2.75) is 65.7 Å². The van der Waals surface area contributed by atoms with Gasteiger partial charge in [0.2, 0.25) is 0 Å². The summed E-state index contributed by atoms with van der Waals surface area (Å²) in [7, 11) is -9.86. The van der Waals surface area contributed by atoms with E-state index in [0.29, 0.717) is 5.92 Å². The highest BCUT2D eigenvalue weighted by molar-refractivity contribution is 7.60. The highest BCUT2D eigenvalue weighted by atomic mass is 31.3. The quantitative estimate of drug-likeness (QED) is 0.318. The van der Waals surface area contributed by atoms with Crippen molar-refractivity contribution in [3.05, 3.63) is 34.9 Å². The zero-order valence-corrected chi connectivity index (χ0v) is 18.1. The Bertz CT molecular complexity index is 657. The van der Waals surface area contributed by atoms with Gasteiger partial charge >= 0.3 is 15.6 Å². The maximum absolute atomic E-state index is 11.5. The van der Waals surface area contributed by atoms with E-state index < -0.39 is 15.6 Å². The van der Waals surface area contributed by atoms with Crippen LogP contribution in [0.25, 0.3) is 0 Å². The van der Waals surface area contributed by atoms with Crippen LogP contribution in [0, 0.1) is 5.92 Å².